The van der Waals surface area contributed by atoms with E-state index in [2.05, 4.69) is 10.2 Å². The van der Waals surface area contributed by atoms with Gasteiger partial charge in [-0.15, -0.1) is 0 Å². The minimum absolute atomic E-state index is 0.0644. The molecule has 0 aromatic heterocycles. The molecule has 8 nitrogen and oxygen atoms in total. The van der Waals surface area contributed by atoms with Gasteiger partial charge in [-0.3, -0.25) is 14.5 Å². The number of hydrogen-bond acceptors (Lipinski definition) is 5. The number of benzene rings is 1. The molecule has 0 bridgehead atoms. The number of carbonyl (C=O) groups is 3. The maximum Gasteiger partial charge on any atom is 0.408 e. The molecule has 0 radical (unpaired) electrons. The van der Waals surface area contributed by atoms with Gasteiger partial charge < -0.3 is 19.9 Å². The van der Waals surface area contributed by atoms with E-state index in [9.17, 15) is 14.4 Å². The standard InChI is InChI=1S/C24H36N4O4/c1-19(2)22(25-24(31)32-18-20-9-5-3-6-10-20)23(30)28-15-13-26(14-16-28)17-21(29)27-11-7-4-8-12-27/h3,5-6,9-10,19,22H,4,7-8,11-18H2,1-2H3,(H,25,31)/t22-/m0/s1. The molecule has 3 rings (SSSR count). The summed E-state index contributed by atoms with van der Waals surface area (Å²) in [4.78, 5) is 43.7. The van der Waals surface area contributed by atoms with Crippen molar-refractivity contribution in [3.8, 4) is 0 Å². The van der Waals surface area contributed by atoms with Gasteiger partial charge in [0.15, 0.2) is 0 Å². The molecule has 0 aliphatic carbocycles. The van der Waals surface area contributed by atoms with Gasteiger partial charge in [-0.1, -0.05) is 44.2 Å². The summed E-state index contributed by atoms with van der Waals surface area (Å²) < 4.78 is 5.29. The van der Waals surface area contributed by atoms with Crippen LogP contribution in [0.3, 0.4) is 0 Å². The number of likely N-dealkylation sites (tertiary alicyclic amines) is 1. The fraction of sp³-hybridized carbons (Fsp3) is 0.625. The molecule has 2 saturated heterocycles. The van der Waals surface area contributed by atoms with E-state index in [1.807, 2.05) is 49.1 Å². The molecule has 2 aliphatic heterocycles. The third-order valence-electron chi connectivity index (χ3n) is 6.17. The molecule has 2 fully saturated rings. The van der Waals surface area contributed by atoms with E-state index in [0.29, 0.717) is 32.7 Å². The average molecular weight is 445 g/mol. The molecular weight excluding hydrogens is 408 g/mol. The topological polar surface area (TPSA) is 82.2 Å². The summed E-state index contributed by atoms with van der Waals surface area (Å²) in [5.41, 5.74) is 0.894. The van der Waals surface area contributed by atoms with Crippen molar-refractivity contribution in [2.45, 2.75) is 45.8 Å². The predicted octanol–water partition coefficient (Wildman–Crippen LogP) is 2.09. The Labute approximate surface area is 190 Å². The quantitative estimate of drug-likeness (QED) is 0.697. The van der Waals surface area contributed by atoms with Crippen LogP contribution in [0.4, 0.5) is 4.79 Å². The largest absolute Gasteiger partial charge is 0.445 e. The van der Waals surface area contributed by atoms with Crippen LogP contribution in [-0.2, 0) is 20.9 Å². The van der Waals surface area contributed by atoms with Gasteiger partial charge in [-0.25, -0.2) is 4.79 Å². The van der Waals surface area contributed by atoms with Crippen LogP contribution >= 0.6 is 0 Å². The molecule has 1 aromatic carbocycles. The van der Waals surface area contributed by atoms with Gasteiger partial charge in [0, 0.05) is 39.3 Å². The Bertz CT molecular complexity index is 757. The number of alkyl carbamates (subject to hydrolysis) is 1. The van der Waals surface area contributed by atoms with Crippen molar-refractivity contribution in [3.05, 3.63) is 35.9 Å². The van der Waals surface area contributed by atoms with Gasteiger partial charge in [-0.05, 0) is 30.7 Å². The number of hydrogen-bond donors (Lipinski definition) is 1. The zero-order valence-corrected chi connectivity index (χ0v) is 19.3. The lowest BCUT2D eigenvalue weighted by molar-refractivity contribution is -0.137. The maximum atomic E-state index is 13.1. The lowest BCUT2D eigenvalue weighted by Crippen LogP contribution is -2.57. The van der Waals surface area contributed by atoms with E-state index in [1.165, 1.54) is 6.42 Å². The van der Waals surface area contributed by atoms with E-state index < -0.39 is 12.1 Å². The first-order valence-corrected chi connectivity index (χ1v) is 11.7. The second kappa shape index (κ2) is 11.9. The molecule has 8 heteroatoms. The molecule has 1 atom stereocenters. The minimum atomic E-state index is -0.639. The van der Waals surface area contributed by atoms with Gasteiger partial charge in [0.1, 0.15) is 12.6 Å². The van der Waals surface area contributed by atoms with Crippen molar-refractivity contribution in [1.29, 1.82) is 0 Å². The maximum absolute atomic E-state index is 13.1. The van der Waals surface area contributed by atoms with Crippen LogP contribution in [0.15, 0.2) is 30.3 Å². The van der Waals surface area contributed by atoms with Gasteiger partial charge >= 0.3 is 6.09 Å². The molecule has 1 aromatic rings. The second-order valence-corrected chi connectivity index (χ2v) is 8.97. The molecule has 2 heterocycles. The average Bonchev–Trinajstić information content (AvgIpc) is 2.82. The van der Waals surface area contributed by atoms with Crippen molar-refractivity contribution in [2.75, 3.05) is 45.8 Å². The zero-order valence-electron chi connectivity index (χ0n) is 19.3. The van der Waals surface area contributed by atoms with Crippen LogP contribution in [0.2, 0.25) is 0 Å². The first-order chi connectivity index (χ1) is 15.4. The number of nitrogens with one attached hydrogen (secondary N) is 1. The molecule has 0 unspecified atom stereocenters. The number of piperidine rings is 1. The zero-order chi connectivity index (χ0) is 22.9. The monoisotopic (exact) mass is 444 g/mol. The normalized spacial score (nSPS) is 18.3. The SMILES string of the molecule is CC(C)[C@H](NC(=O)OCc1ccccc1)C(=O)N1CCN(CC(=O)N2CCCCC2)CC1. The summed E-state index contributed by atoms with van der Waals surface area (Å²) in [5.74, 6) is 0.0245. The van der Waals surface area contributed by atoms with Gasteiger partial charge in [0.25, 0.3) is 0 Å². The molecule has 0 spiro atoms. The first-order valence-electron chi connectivity index (χ1n) is 11.7. The molecular formula is C24H36N4O4. The molecule has 2 aliphatic rings. The Balaban J connectivity index is 1.44. The number of amides is 3. The fourth-order valence-electron chi connectivity index (χ4n) is 4.16. The molecule has 32 heavy (non-hydrogen) atoms. The number of ether oxygens (including phenoxy) is 1. The van der Waals surface area contributed by atoms with Crippen molar-refractivity contribution in [1.82, 2.24) is 20.0 Å². The predicted molar refractivity (Wildman–Crippen MR) is 122 cm³/mol. The Morgan fingerprint density at radius 1 is 0.906 bits per heavy atom. The molecule has 1 N–H and O–H groups in total. The Kier molecular flexibility index (Phi) is 8.90. The highest BCUT2D eigenvalue weighted by Crippen LogP contribution is 2.13. The van der Waals surface area contributed by atoms with Crippen molar-refractivity contribution in [3.63, 3.8) is 0 Å². The molecule has 3 amide bonds. The van der Waals surface area contributed by atoms with Crippen LogP contribution < -0.4 is 5.32 Å². The van der Waals surface area contributed by atoms with E-state index >= 15 is 0 Å². The second-order valence-electron chi connectivity index (χ2n) is 8.97. The summed E-state index contributed by atoms with van der Waals surface area (Å²) in [6.45, 7) is 8.55. The minimum Gasteiger partial charge on any atom is -0.445 e. The lowest BCUT2D eigenvalue weighted by Gasteiger charge is -2.38. The lowest BCUT2D eigenvalue weighted by atomic mass is 10.0. The van der Waals surface area contributed by atoms with Gasteiger partial charge in [0.05, 0.1) is 6.54 Å². The van der Waals surface area contributed by atoms with Gasteiger partial charge in [0.2, 0.25) is 11.8 Å². The third kappa shape index (κ3) is 6.95. The van der Waals surface area contributed by atoms with E-state index in [0.717, 1.165) is 31.5 Å². The van der Waals surface area contributed by atoms with E-state index in [4.69, 9.17) is 4.74 Å². The number of carbonyl (C=O) groups excluding carboxylic acids is 3. The van der Waals surface area contributed by atoms with E-state index in [1.54, 1.807) is 4.90 Å². The smallest absolute Gasteiger partial charge is 0.408 e. The van der Waals surface area contributed by atoms with Crippen LogP contribution in [0.25, 0.3) is 0 Å². The highest BCUT2D eigenvalue weighted by molar-refractivity contribution is 5.86. The summed E-state index contributed by atoms with van der Waals surface area (Å²) in [6.07, 6.45) is 2.79. The number of piperazine rings is 1. The Hall–Kier alpha value is -2.61. The molecule has 0 saturated carbocycles. The van der Waals surface area contributed by atoms with Gasteiger partial charge in [-0.2, -0.15) is 0 Å². The van der Waals surface area contributed by atoms with Crippen LogP contribution in [0.1, 0.15) is 38.7 Å². The summed E-state index contributed by atoms with van der Waals surface area (Å²) >= 11 is 0. The number of rotatable bonds is 7. The third-order valence-corrected chi connectivity index (χ3v) is 6.17. The van der Waals surface area contributed by atoms with Crippen LogP contribution in [-0.4, -0.2) is 84.5 Å². The summed E-state index contributed by atoms with van der Waals surface area (Å²) in [7, 11) is 0. The van der Waals surface area contributed by atoms with Crippen molar-refractivity contribution < 1.29 is 19.1 Å². The van der Waals surface area contributed by atoms with Crippen LogP contribution in [0.5, 0.6) is 0 Å². The highest BCUT2D eigenvalue weighted by atomic mass is 16.5. The highest BCUT2D eigenvalue weighted by Gasteiger charge is 2.32. The Morgan fingerprint density at radius 3 is 2.19 bits per heavy atom. The number of nitrogens with zero attached hydrogens (tertiary/aromatic N) is 3. The molecule has 176 valence electrons. The fourth-order valence-corrected chi connectivity index (χ4v) is 4.16. The van der Waals surface area contributed by atoms with Crippen molar-refractivity contribution >= 4 is 17.9 Å². The van der Waals surface area contributed by atoms with Crippen LogP contribution in [0, 0.1) is 5.92 Å². The van der Waals surface area contributed by atoms with E-state index in [-0.39, 0.29) is 24.3 Å². The first kappa shape index (κ1) is 24.0. The summed E-state index contributed by atoms with van der Waals surface area (Å²) in [6, 6.07) is 8.80. The summed E-state index contributed by atoms with van der Waals surface area (Å²) in [5, 5.41) is 2.74. The van der Waals surface area contributed by atoms with Crippen molar-refractivity contribution in [2.24, 2.45) is 5.92 Å². The Morgan fingerprint density at radius 2 is 1.56 bits per heavy atom.